The maximum atomic E-state index is 14.5. The number of hydrogen-bond donors (Lipinski definition) is 0. The van der Waals surface area contributed by atoms with E-state index < -0.39 is 28.9 Å². The molecule has 0 N–H and O–H groups in total. The minimum absolute atomic E-state index is 0.00530. The van der Waals surface area contributed by atoms with Crippen molar-refractivity contribution in [2.75, 3.05) is 24.7 Å². The predicted molar refractivity (Wildman–Crippen MR) is 116 cm³/mol. The van der Waals surface area contributed by atoms with Crippen LogP contribution < -0.4 is 0 Å². The largest absolute Gasteiger partial charge is 0.516 e. The molecule has 2 aromatic carbocycles. The summed E-state index contributed by atoms with van der Waals surface area (Å²) in [5.74, 6) is -1.40. The number of esters is 1. The maximum absolute atomic E-state index is 14.5. The van der Waals surface area contributed by atoms with E-state index in [0.29, 0.717) is 28.2 Å². The minimum atomic E-state index is -1.14. The van der Waals surface area contributed by atoms with Gasteiger partial charge in [0.15, 0.2) is 0 Å². The number of carbonyl (C=O) groups excluding carboxylic acids is 2. The van der Waals surface area contributed by atoms with E-state index in [1.54, 1.807) is 36.4 Å². The Morgan fingerprint density at radius 3 is 2.42 bits per heavy atom. The number of benzene rings is 2. The molecule has 1 atom stereocenters. The van der Waals surface area contributed by atoms with Crippen LogP contribution in [0.5, 0.6) is 0 Å². The molecular formula is C20H20FNO7S2. The lowest BCUT2D eigenvalue weighted by atomic mass is 9.97. The second kappa shape index (κ2) is 12.8. The molecule has 2 rings (SSSR count). The highest BCUT2D eigenvalue weighted by Gasteiger charge is 2.22. The fourth-order valence-corrected chi connectivity index (χ4v) is 4.06. The fourth-order valence-electron chi connectivity index (χ4n) is 2.41. The summed E-state index contributed by atoms with van der Waals surface area (Å²) in [7, 11) is 2.64. The van der Waals surface area contributed by atoms with E-state index in [9.17, 15) is 24.1 Å². The molecule has 31 heavy (non-hydrogen) atoms. The molecule has 0 aliphatic heterocycles. The van der Waals surface area contributed by atoms with E-state index in [1.165, 1.54) is 34.6 Å². The number of carbonyl (C=O) groups is 2. The SMILES string of the molecule is CC(C(=O)OC(=O)OCCSSCCO[N+](=O)[O-])c1ccc(-c2ccccc2)c(F)c1. The normalized spacial score (nSPS) is 11.4. The van der Waals surface area contributed by atoms with Crippen molar-refractivity contribution in [3.63, 3.8) is 0 Å². The van der Waals surface area contributed by atoms with Gasteiger partial charge >= 0.3 is 12.1 Å². The summed E-state index contributed by atoms with van der Waals surface area (Å²) < 4.78 is 24.0. The number of nitrogens with zero attached hydrogens (tertiary/aromatic N) is 1. The van der Waals surface area contributed by atoms with Crippen LogP contribution in [0.25, 0.3) is 11.1 Å². The van der Waals surface area contributed by atoms with Crippen LogP contribution in [0.3, 0.4) is 0 Å². The van der Waals surface area contributed by atoms with Gasteiger partial charge in [0.05, 0.1) is 5.92 Å². The van der Waals surface area contributed by atoms with Crippen molar-refractivity contribution in [2.45, 2.75) is 12.8 Å². The zero-order chi connectivity index (χ0) is 22.6. The Morgan fingerprint density at radius 1 is 1.10 bits per heavy atom. The maximum Gasteiger partial charge on any atom is 0.516 e. The number of halogens is 1. The number of ether oxygens (including phenoxy) is 2. The third-order valence-corrected chi connectivity index (χ3v) is 6.28. The van der Waals surface area contributed by atoms with Gasteiger partial charge in [0, 0.05) is 17.1 Å². The van der Waals surface area contributed by atoms with Gasteiger partial charge in [0.25, 0.3) is 5.09 Å². The van der Waals surface area contributed by atoms with Gasteiger partial charge in [-0.2, -0.15) is 0 Å². The molecule has 11 heteroatoms. The lowest BCUT2D eigenvalue weighted by Gasteiger charge is -2.12. The molecule has 0 bridgehead atoms. The summed E-state index contributed by atoms with van der Waals surface area (Å²) in [4.78, 5) is 37.9. The van der Waals surface area contributed by atoms with E-state index in [4.69, 9.17) is 4.74 Å². The highest BCUT2D eigenvalue weighted by atomic mass is 33.1. The first-order chi connectivity index (χ1) is 14.9. The molecule has 0 amide bonds. The first-order valence-corrected chi connectivity index (χ1v) is 11.6. The number of hydrogen-bond acceptors (Lipinski definition) is 9. The second-order valence-electron chi connectivity index (χ2n) is 6.05. The van der Waals surface area contributed by atoms with Crippen molar-refractivity contribution in [3.8, 4) is 11.1 Å². The summed E-state index contributed by atoms with van der Waals surface area (Å²) in [6.07, 6.45) is -1.14. The second-order valence-corrected chi connectivity index (χ2v) is 8.75. The molecule has 0 heterocycles. The van der Waals surface area contributed by atoms with Gasteiger partial charge < -0.3 is 14.3 Å². The summed E-state index contributed by atoms with van der Waals surface area (Å²) >= 11 is 0. The van der Waals surface area contributed by atoms with Crippen molar-refractivity contribution in [2.24, 2.45) is 0 Å². The lowest BCUT2D eigenvalue weighted by Crippen LogP contribution is -2.19. The van der Waals surface area contributed by atoms with Crippen LogP contribution in [0.4, 0.5) is 9.18 Å². The fraction of sp³-hybridized carbons (Fsp3) is 0.300. The van der Waals surface area contributed by atoms with Crippen molar-refractivity contribution in [1.29, 1.82) is 0 Å². The van der Waals surface area contributed by atoms with E-state index >= 15 is 0 Å². The first kappa shape index (κ1) is 24.5. The van der Waals surface area contributed by atoms with E-state index in [2.05, 4.69) is 9.57 Å². The van der Waals surface area contributed by atoms with Crippen LogP contribution in [0, 0.1) is 15.9 Å². The van der Waals surface area contributed by atoms with Crippen molar-refractivity contribution < 1.29 is 33.4 Å². The highest BCUT2D eigenvalue weighted by Crippen LogP contribution is 2.27. The molecule has 0 aromatic heterocycles. The van der Waals surface area contributed by atoms with Gasteiger partial charge in [-0.15, -0.1) is 10.1 Å². The summed E-state index contributed by atoms with van der Waals surface area (Å²) in [5.41, 5.74) is 1.50. The quantitative estimate of drug-likeness (QED) is 0.114. The Labute approximate surface area is 185 Å². The van der Waals surface area contributed by atoms with Crippen LogP contribution >= 0.6 is 21.6 Å². The average molecular weight is 470 g/mol. The lowest BCUT2D eigenvalue weighted by molar-refractivity contribution is -0.756. The Morgan fingerprint density at radius 2 is 1.77 bits per heavy atom. The predicted octanol–water partition coefficient (Wildman–Crippen LogP) is 4.87. The zero-order valence-electron chi connectivity index (χ0n) is 16.5. The monoisotopic (exact) mass is 469 g/mol. The summed E-state index contributed by atoms with van der Waals surface area (Å²) in [5, 5.41) is 9.11. The van der Waals surface area contributed by atoms with E-state index in [-0.39, 0.29) is 13.2 Å². The Hall–Kier alpha value is -2.79. The smallest absolute Gasteiger partial charge is 0.433 e. The van der Waals surface area contributed by atoms with Crippen molar-refractivity contribution in [3.05, 3.63) is 70.0 Å². The van der Waals surface area contributed by atoms with Crippen LogP contribution in [0.1, 0.15) is 18.4 Å². The molecule has 1 unspecified atom stereocenters. The molecule has 8 nitrogen and oxygen atoms in total. The van der Waals surface area contributed by atoms with Gasteiger partial charge in [0.2, 0.25) is 0 Å². The molecule has 0 aliphatic carbocycles. The van der Waals surface area contributed by atoms with Gasteiger partial charge in [-0.25, -0.2) is 9.18 Å². The number of rotatable bonds is 11. The first-order valence-electron chi connectivity index (χ1n) is 9.13. The summed E-state index contributed by atoms with van der Waals surface area (Å²) in [6, 6.07) is 13.4. The van der Waals surface area contributed by atoms with Gasteiger partial charge in [-0.1, -0.05) is 64.1 Å². The molecule has 0 spiro atoms. The van der Waals surface area contributed by atoms with Crippen molar-refractivity contribution in [1.82, 2.24) is 0 Å². The standard InChI is InChI=1S/C20H20FNO7S2/c1-14(16-7-8-17(18(21)13-16)15-5-3-2-4-6-15)19(23)29-20(24)27-9-11-30-31-12-10-28-22(25)26/h2-8,13-14H,9-12H2,1H3. The Kier molecular flexibility index (Phi) is 10.1. The topological polar surface area (TPSA) is 105 Å². The third kappa shape index (κ3) is 8.46. The molecule has 0 fully saturated rings. The Bertz CT molecular complexity index is 898. The highest BCUT2D eigenvalue weighted by molar-refractivity contribution is 8.76. The molecule has 2 aromatic rings. The zero-order valence-corrected chi connectivity index (χ0v) is 18.2. The van der Waals surface area contributed by atoms with Gasteiger partial charge in [-0.05, 0) is 24.1 Å². The summed E-state index contributed by atoms with van der Waals surface area (Å²) in [6.45, 7) is 1.47. The van der Waals surface area contributed by atoms with Gasteiger partial charge in [0.1, 0.15) is 19.0 Å². The minimum Gasteiger partial charge on any atom is -0.433 e. The average Bonchev–Trinajstić information content (AvgIpc) is 2.75. The molecule has 166 valence electrons. The van der Waals surface area contributed by atoms with Crippen LogP contribution in [-0.4, -0.2) is 41.9 Å². The van der Waals surface area contributed by atoms with Crippen LogP contribution in [0.15, 0.2) is 48.5 Å². The molecule has 0 radical (unpaired) electrons. The van der Waals surface area contributed by atoms with Gasteiger partial charge in [-0.3, -0.25) is 4.79 Å². The third-order valence-electron chi connectivity index (χ3n) is 3.95. The molecular weight excluding hydrogens is 449 g/mol. The molecule has 0 aliphatic rings. The van der Waals surface area contributed by atoms with Crippen LogP contribution in [0.2, 0.25) is 0 Å². The van der Waals surface area contributed by atoms with E-state index in [1.807, 2.05) is 6.07 Å². The van der Waals surface area contributed by atoms with Crippen molar-refractivity contribution >= 4 is 33.7 Å². The van der Waals surface area contributed by atoms with Crippen LogP contribution in [-0.2, 0) is 19.1 Å². The molecule has 0 saturated heterocycles. The molecule has 0 saturated carbocycles. The Balaban J connectivity index is 1.74. The van der Waals surface area contributed by atoms with E-state index in [0.717, 1.165) is 0 Å².